The Kier molecular flexibility index (Phi) is 4.15. The van der Waals surface area contributed by atoms with Gasteiger partial charge in [-0.25, -0.2) is 0 Å². The molecule has 5 heteroatoms. The van der Waals surface area contributed by atoms with Crippen molar-refractivity contribution in [3.05, 3.63) is 21.4 Å². The van der Waals surface area contributed by atoms with E-state index in [0.29, 0.717) is 0 Å². The molecule has 3 nitrogen and oxygen atoms in total. The molecule has 19 heavy (non-hydrogen) atoms. The van der Waals surface area contributed by atoms with Crippen molar-refractivity contribution < 1.29 is 9.90 Å². The third kappa shape index (κ3) is 3.15. The first-order valence-corrected chi connectivity index (χ1v) is 8.88. The minimum absolute atomic E-state index is 0.0748. The zero-order chi connectivity index (χ0) is 13.2. The maximum Gasteiger partial charge on any atom is 0.261 e. The highest BCUT2D eigenvalue weighted by Gasteiger charge is 2.23. The molecule has 0 saturated heterocycles. The average molecular weight is 297 g/mol. The SMILES string of the molecule is O=C(NC1CCC(O)CC1)c1cc2c(s1)CCSC2. The van der Waals surface area contributed by atoms with Gasteiger partial charge in [0, 0.05) is 16.7 Å². The lowest BCUT2D eigenvalue weighted by Crippen LogP contribution is -2.38. The molecule has 1 aromatic rings. The van der Waals surface area contributed by atoms with Crippen LogP contribution in [0.4, 0.5) is 0 Å². The van der Waals surface area contributed by atoms with Gasteiger partial charge in [-0.05, 0) is 49.5 Å². The van der Waals surface area contributed by atoms with Gasteiger partial charge in [-0.3, -0.25) is 4.79 Å². The van der Waals surface area contributed by atoms with Gasteiger partial charge in [-0.2, -0.15) is 11.8 Å². The van der Waals surface area contributed by atoms with E-state index in [1.165, 1.54) is 16.2 Å². The molecule has 0 aromatic carbocycles. The second-order valence-corrected chi connectivity index (χ2v) is 7.58. The third-order valence-corrected chi connectivity index (χ3v) is 6.13. The Morgan fingerprint density at radius 3 is 2.84 bits per heavy atom. The number of amides is 1. The van der Waals surface area contributed by atoms with Crippen molar-refractivity contribution in [3.63, 3.8) is 0 Å². The fourth-order valence-electron chi connectivity index (χ4n) is 2.74. The summed E-state index contributed by atoms with van der Waals surface area (Å²) in [4.78, 5) is 14.5. The van der Waals surface area contributed by atoms with Crippen LogP contribution in [0.3, 0.4) is 0 Å². The highest BCUT2D eigenvalue weighted by atomic mass is 32.2. The maximum absolute atomic E-state index is 12.2. The van der Waals surface area contributed by atoms with Gasteiger partial charge in [0.15, 0.2) is 0 Å². The molecular formula is C14H19NO2S2. The Balaban J connectivity index is 1.62. The van der Waals surface area contributed by atoms with E-state index in [4.69, 9.17) is 0 Å². The van der Waals surface area contributed by atoms with Gasteiger partial charge >= 0.3 is 0 Å². The van der Waals surface area contributed by atoms with Crippen molar-refractivity contribution >= 4 is 29.0 Å². The predicted molar refractivity (Wildman–Crippen MR) is 79.9 cm³/mol. The van der Waals surface area contributed by atoms with Crippen molar-refractivity contribution in [2.45, 2.75) is 50.0 Å². The second kappa shape index (κ2) is 5.85. The summed E-state index contributed by atoms with van der Waals surface area (Å²) in [6.07, 6.45) is 4.35. The van der Waals surface area contributed by atoms with E-state index < -0.39 is 0 Å². The Hall–Kier alpha value is -0.520. The molecule has 1 amide bonds. The number of hydrogen-bond acceptors (Lipinski definition) is 4. The molecule has 1 fully saturated rings. The van der Waals surface area contributed by atoms with Crippen molar-refractivity contribution in [3.8, 4) is 0 Å². The van der Waals surface area contributed by atoms with Gasteiger partial charge in [-0.1, -0.05) is 0 Å². The third-order valence-electron chi connectivity index (χ3n) is 3.88. The van der Waals surface area contributed by atoms with Crippen LogP contribution in [0, 0.1) is 0 Å². The molecule has 1 aliphatic carbocycles. The van der Waals surface area contributed by atoms with E-state index in [1.807, 2.05) is 11.8 Å². The van der Waals surface area contributed by atoms with Crippen LogP contribution in [0.5, 0.6) is 0 Å². The lowest BCUT2D eigenvalue weighted by Gasteiger charge is -2.25. The zero-order valence-electron chi connectivity index (χ0n) is 10.9. The number of carbonyl (C=O) groups is 1. The molecule has 0 atom stereocenters. The molecule has 2 heterocycles. The van der Waals surface area contributed by atoms with Gasteiger partial charge in [0.25, 0.3) is 5.91 Å². The number of hydrogen-bond donors (Lipinski definition) is 2. The second-order valence-electron chi connectivity index (χ2n) is 5.34. The molecule has 1 aromatic heterocycles. The molecule has 1 aliphatic heterocycles. The first-order valence-electron chi connectivity index (χ1n) is 6.90. The number of fused-ring (bicyclic) bond motifs is 1. The fourth-order valence-corrected chi connectivity index (χ4v) is 5.01. The molecule has 0 radical (unpaired) electrons. The van der Waals surface area contributed by atoms with Gasteiger partial charge < -0.3 is 10.4 Å². The molecule has 3 rings (SSSR count). The van der Waals surface area contributed by atoms with E-state index in [0.717, 1.165) is 42.7 Å². The first-order chi connectivity index (χ1) is 9.22. The Bertz CT molecular complexity index is 441. The number of thioether (sulfide) groups is 1. The van der Waals surface area contributed by atoms with Crippen LogP contribution in [-0.4, -0.2) is 28.9 Å². The molecule has 0 unspecified atom stereocenters. The topological polar surface area (TPSA) is 49.3 Å². The molecule has 0 bridgehead atoms. The fraction of sp³-hybridized carbons (Fsp3) is 0.643. The molecule has 2 aliphatic rings. The van der Waals surface area contributed by atoms with Crippen LogP contribution in [0.1, 0.15) is 45.8 Å². The summed E-state index contributed by atoms with van der Waals surface area (Å²) in [6.45, 7) is 0. The molecule has 2 N–H and O–H groups in total. The Morgan fingerprint density at radius 1 is 1.32 bits per heavy atom. The largest absolute Gasteiger partial charge is 0.393 e. The monoisotopic (exact) mass is 297 g/mol. The predicted octanol–water partition coefficient (Wildman–Crippen LogP) is 2.57. The molecule has 104 valence electrons. The van der Waals surface area contributed by atoms with Gasteiger partial charge in [-0.15, -0.1) is 11.3 Å². The highest BCUT2D eigenvalue weighted by molar-refractivity contribution is 7.98. The van der Waals surface area contributed by atoms with Crippen molar-refractivity contribution in [1.29, 1.82) is 0 Å². The van der Waals surface area contributed by atoms with E-state index in [1.54, 1.807) is 11.3 Å². The Labute approximate surface area is 121 Å². The standard InChI is InChI=1S/C14H19NO2S2/c16-11-3-1-10(2-4-11)15-14(17)13-7-9-8-18-6-5-12(9)19-13/h7,10-11,16H,1-6,8H2,(H,15,17). The maximum atomic E-state index is 12.2. The summed E-state index contributed by atoms with van der Waals surface area (Å²) < 4.78 is 0. The smallest absolute Gasteiger partial charge is 0.261 e. The van der Waals surface area contributed by atoms with Crippen LogP contribution < -0.4 is 5.32 Å². The molecule has 0 spiro atoms. The summed E-state index contributed by atoms with van der Waals surface area (Å²) in [5.41, 5.74) is 1.35. The lowest BCUT2D eigenvalue weighted by atomic mass is 9.93. The van der Waals surface area contributed by atoms with Crippen LogP contribution in [-0.2, 0) is 12.2 Å². The van der Waals surface area contributed by atoms with Crippen molar-refractivity contribution in [2.75, 3.05) is 5.75 Å². The van der Waals surface area contributed by atoms with E-state index >= 15 is 0 Å². The summed E-state index contributed by atoms with van der Waals surface area (Å²) in [7, 11) is 0. The van der Waals surface area contributed by atoms with Crippen LogP contribution >= 0.6 is 23.1 Å². The van der Waals surface area contributed by atoms with Crippen LogP contribution in [0.2, 0.25) is 0 Å². The molecular weight excluding hydrogens is 278 g/mol. The van der Waals surface area contributed by atoms with Gasteiger partial charge in [0.1, 0.15) is 0 Å². The summed E-state index contributed by atoms with van der Waals surface area (Å²) in [5, 5.41) is 12.6. The number of carbonyl (C=O) groups excluding carboxylic acids is 1. The quantitative estimate of drug-likeness (QED) is 0.882. The highest BCUT2D eigenvalue weighted by Crippen LogP contribution is 2.31. The number of rotatable bonds is 2. The van der Waals surface area contributed by atoms with E-state index in [9.17, 15) is 9.90 Å². The van der Waals surface area contributed by atoms with Gasteiger partial charge in [0.2, 0.25) is 0 Å². The summed E-state index contributed by atoms with van der Waals surface area (Å²) in [5.74, 6) is 2.30. The van der Waals surface area contributed by atoms with Crippen LogP contribution in [0.25, 0.3) is 0 Å². The number of thiophene rings is 1. The number of aliphatic hydroxyl groups is 1. The van der Waals surface area contributed by atoms with Crippen molar-refractivity contribution in [1.82, 2.24) is 5.32 Å². The van der Waals surface area contributed by atoms with E-state index in [-0.39, 0.29) is 18.1 Å². The van der Waals surface area contributed by atoms with Crippen molar-refractivity contribution in [2.24, 2.45) is 0 Å². The zero-order valence-corrected chi connectivity index (χ0v) is 12.5. The lowest BCUT2D eigenvalue weighted by molar-refractivity contribution is 0.0871. The number of nitrogens with one attached hydrogen (secondary N) is 1. The minimum atomic E-state index is -0.167. The average Bonchev–Trinajstić information content (AvgIpc) is 2.85. The van der Waals surface area contributed by atoms with E-state index in [2.05, 4.69) is 11.4 Å². The summed E-state index contributed by atoms with van der Waals surface area (Å²) >= 11 is 3.60. The number of aliphatic hydroxyl groups excluding tert-OH is 1. The number of aryl methyl sites for hydroxylation is 1. The van der Waals surface area contributed by atoms with Crippen LogP contribution in [0.15, 0.2) is 6.07 Å². The molecule has 1 saturated carbocycles. The first kappa shape index (κ1) is 13.5. The van der Waals surface area contributed by atoms with Gasteiger partial charge in [0.05, 0.1) is 11.0 Å². The minimum Gasteiger partial charge on any atom is -0.393 e. The normalized spacial score (nSPS) is 26.8. The Morgan fingerprint density at radius 2 is 2.11 bits per heavy atom. The summed E-state index contributed by atoms with van der Waals surface area (Å²) in [6, 6.07) is 2.31.